The molecule has 0 aromatic rings. The van der Waals surface area contributed by atoms with E-state index in [9.17, 15) is 24.3 Å². The molecule has 4 aliphatic rings. The average molecular weight is 529 g/mol. The number of esters is 1. The van der Waals surface area contributed by atoms with Crippen molar-refractivity contribution in [2.24, 2.45) is 11.8 Å². The van der Waals surface area contributed by atoms with Crippen LogP contribution in [0.1, 0.15) is 52.9 Å². The largest absolute Gasteiger partial charge is 0.511 e. The van der Waals surface area contributed by atoms with Gasteiger partial charge in [0.2, 0.25) is 12.2 Å². The molecule has 2 amide bonds. The molecule has 0 aromatic heterocycles. The Hall–Kier alpha value is -1.92. The highest BCUT2D eigenvalue weighted by Gasteiger charge is 2.60. The van der Waals surface area contributed by atoms with Gasteiger partial charge in [-0.1, -0.05) is 25.1 Å². The SMILES string of the molecule is CC(OC(=O)OC1CCCCC1)OC(=O)C1=C(SC2CNC(=O)SC2)[C@H](C)[C@@H]2[C@@H]([C@@H](C)O)C(=O)N12. The highest BCUT2D eigenvalue weighted by atomic mass is 32.2. The second-order valence-corrected chi connectivity index (χ2v) is 11.7. The van der Waals surface area contributed by atoms with E-state index in [4.69, 9.17) is 14.2 Å². The number of amides is 2. The van der Waals surface area contributed by atoms with Crippen LogP contribution in [0.2, 0.25) is 0 Å². The number of ether oxygens (including phenoxy) is 3. The van der Waals surface area contributed by atoms with Crippen molar-refractivity contribution in [1.82, 2.24) is 10.2 Å². The van der Waals surface area contributed by atoms with Crippen LogP contribution in [0, 0.1) is 11.8 Å². The lowest BCUT2D eigenvalue weighted by Gasteiger charge is -2.46. The van der Waals surface area contributed by atoms with E-state index in [-0.39, 0.29) is 40.2 Å². The van der Waals surface area contributed by atoms with Crippen LogP contribution in [-0.4, -0.2) is 75.4 Å². The Morgan fingerprint density at radius 1 is 1.17 bits per heavy atom. The lowest BCUT2D eigenvalue weighted by molar-refractivity contribution is -0.174. The summed E-state index contributed by atoms with van der Waals surface area (Å²) in [7, 11) is 0. The minimum absolute atomic E-state index is 0.0101. The van der Waals surface area contributed by atoms with Crippen molar-refractivity contribution >= 4 is 46.8 Å². The zero-order chi connectivity index (χ0) is 25.3. The van der Waals surface area contributed by atoms with Crippen LogP contribution in [0.3, 0.4) is 0 Å². The maximum atomic E-state index is 13.2. The first-order chi connectivity index (χ1) is 16.7. The third kappa shape index (κ3) is 5.59. The van der Waals surface area contributed by atoms with E-state index in [2.05, 4.69) is 5.32 Å². The molecule has 1 aliphatic carbocycles. The molecule has 0 bridgehead atoms. The van der Waals surface area contributed by atoms with Gasteiger partial charge in [-0.15, -0.1) is 11.8 Å². The summed E-state index contributed by atoms with van der Waals surface area (Å²) in [5.74, 6) is -1.35. The molecule has 2 saturated heterocycles. The summed E-state index contributed by atoms with van der Waals surface area (Å²) in [5.41, 5.74) is 0.118. The maximum absolute atomic E-state index is 13.2. The molecule has 4 rings (SSSR count). The lowest BCUT2D eigenvalue weighted by Crippen LogP contribution is -2.63. The second-order valence-electron chi connectivity index (χ2n) is 9.40. The van der Waals surface area contributed by atoms with Crippen LogP contribution in [0.15, 0.2) is 10.6 Å². The van der Waals surface area contributed by atoms with Gasteiger partial charge in [-0.3, -0.25) is 9.59 Å². The summed E-state index contributed by atoms with van der Waals surface area (Å²) in [6.07, 6.45) is 1.56. The number of fused-ring (bicyclic) bond motifs is 1. The number of aliphatic hydroxyl groups excluding tert-OH is 1. The molecule has 0 spiro atoms. The van der Waals surface area contributed by atoms with Crippen molar-refractivity contribution in [2.75, 3.05) is 12.3 Å². The smallest absolute Gasteiger partial charge is 0.431 e. The number of carbonyl (C=O) groups is 4. The lowest BCUT2D eigenvalue weighted by atomic mass is 9.79. The molecule has 3 fully saturated rings. The van der Waals surface area contributed by atoms with Gasteiger partial charge in [-0.25, -0.2) is 9.59 Å². The fraction of sp³-hybridized carbons (Fsp3) is 0.739. The van der Waals surface area contributed by atoms with Gasteiger partial charge in [-0.05, 0) is 32.6 Å². The first-order valence-electron chi connectivity index (χ1n) is 12.1. The third-order valence-corrected chi connectivity index (χ3v) is 9.49. The zero-order valence-corrected chi connectivity index (χ0v) is 21.7. The average Bonchev–Trinajstić information content (AvgIpc) is 3.03. The van der Waals surface area contributed by atoms with Crippen molar-refractivity contribution in [2.45, 2.75) is 82.7 Å². The number of rotatable bonds is 7. The first kappa shape index (κ1) is 26.2. The van der Waals surface area contributed by atoms with E-state index in [0.717, 1.165) is 32.1 Å². The van der Waals surface area contributed by atoms with Gasteiger partial charge < -0.3 is 29.5 Å². The molecule has 10 nitrogen and oxygen atoms in total. The summed E-state index contributed by atoms with van der Waals surface area (Å²) >= 11 is 2.61. The van der Waals surface area contributed by atoms with Crippen molar-refractivity contribution < 1.29 is 38.5 Å². The van der Waals surface area contributed by atoms with Gasteiger partial charge in [0.15, 0.2) is 0 Å². The van der Waals surface area contributed by atoms with E-state index in [1.807, 2.05) is 6.92 Å². The fourth-order valence-corrected chi connectivity index (χ4v) is 7.40. The van der Waals surface area contributed by atoms with Crippen LogP contribution in [-0.2, 0) is 23.8 Å². The minimum Gasteiger partial charge on any atom is -0.431 e. The number of hydrogen-bond donors (Lipinski definition) is 2. The van der Waals surface area contributed by atoms with Crippen molar-refractivity contribution in [1.29, 1.82) is 0 Å². The summed E-state index contributed by atoms with van der Waals surface area (Å²) in [6, 6.07) is -0.356. The quantitative estimate of drug-likeness (QED) is 0.289. The Balaban J connectivity index is 1.45. The zero-order valence-electron chi connectivity index (χ0n) is 20.1. The highest BCUT2D eigenvalue weighted by molar-refractivity contribution is 8.14. The number of carbonyl (C=O) groups excluding carboxylic acids is 4. The van der Waals surface area contributed by atoms with Gasteiger partial charge in [0.05, 0.1) is 18.1 Å². The molecule has 1 saturated carbocycles. The summed E-state index contributed by atoms with van der Waals surface area (Å²) in [4.78, 5) is 51.8. The van der Waals surface area contributed by atoms with Crippen LogP contribution in [0.25, 0.3) is 0 Å². The van der Waals surface area contributed by atoms with E-state index < -0.39 is 30.4 Å². The minimum atomic E-state index is -1.21. The molecule has 2 unspecified atom stereocenters. The molecule has 0 radical (unpaired) electrons. The molecule has 12 heteroatoms. The predicted molar refractivity (Wildman–Crippen MR) is 129 cm³/mol. The standard InChI is InChI=1S/C23H32N2O8S2/c1-11-17-16(12(2)26)20(27)25(17)18(19(11)35-15-9-24-22(29)34-10-15)21(28)31-13(3)32-23(30)33-14-7-5-4-6-8-14/h11-17,26H,4-10H2,1-3H3,(H,24,29)/t11-,12-,13?,15?,16-,17-/m1/s1. The molecule has 194 valence electrons. The molecular formula is C23H32N2O8S2. The Labute approximate surface area is 212 Å². The van der Waals surface area contributed by atoms with Gasteiger partial charge in [0.1, 0.15) is 11.8 Å². The first-order valence-corrected chi connectivity index (χ1v) is 13.9. The van der Waals surface area contributed by atoms with E-state index in [0.29, 0.717) is 17.2 Å². The van der Waals surface area contributed by atoms with Gasteiger partial charge >= 0.3 is 12.1 Å². The van der Waals surface area contributed by atoms with Gasteiger partial charge in [-0.2, -0.15) is 0 Å². The molecule has 3 heterocycles. The third-order valence-electron chi connectivity index (χ3n) is 6.82. The van der Waals surface area contributed by atoms with Crippen molar-refractivity contribution in [3.05, 3.63) is 10.6 Å². The molecule has 3 aliphatic heterocycles. The number of thioether (sulfide) groups is 2. The monoisotopic (exact) mass is 528 g/mol. The van der Waals surface area contributed by atoms with Gasteiger partial charge in [0.25, 0.3) is 5.24 Å². The number of nitrogens with one attached hydrogen (secondary N) is 1. The fourth-order valence-electron chi connectivity index (χ4n) is 5.11. The normalized spacial score (nSPS) is 30.7. The van der Waals surface area contributed by atoms with Crippen molar-refractivity contribution in [3.63, 3.8) is 0 Å². The Morgan fingerprint density at radius 3 is 2.51 bits per heavy atom. The van der Waals surface area contributed by atoms with E-state index in [1.165, 1.54) is 35.3 Å². The van der Waals surface area contributed by atoms with Crippen LogP contribution < -0.4 is 5.32 Å². The van der Waals surface area contributed by atoms with Crippen LogP contribution in [0.4, 0.5) is 9.59 Å². The molecule has 2 N–H and O–H groups in total. The predicted octanol–water partition coefficient (Wildman–Crippen LogP) is 2.99. The number of aliphatic hydroxyl groups is 1. The molecule has 6 atom stereocenters. The Bertz CT molecular complexity index is 894. The molecular weight excluding hydrogens is 496 g/mol. The highest BCUT2D eigenvalue weighted by Crippen LogP contribution is 2.51. The topological polar surface area (TPSA) is 131 Å². The van der Waals surface area contributed by atoms with Crippen molar-refractivity contribution in [3.8, 4) is 0 Å². The second kappa shape index (κ2) is 11.0. The van der Waals surface area contributed by atoms with Gasteiger partial charge in [0, 0.05) is 35.3 Å². The van der Waals surface area contributed by atoms with Crippen LogP contribution >= 0.6 is 23.5 Å². The Kier molecular flexibility index (Phi) is 8.22. The van der Waals surface area contributed by atoms with E-state index >= 15 is 0 Å². The number of nitrogens with zero attached hydrogens (tertiary/aromatic N) is 1. The molecule has 35 heavy (non-hydrogen) atoms. The maximum Gasteiger partial charge on any atom is 0.511 e. The number of β-lactam (4-membered cyclic amide) rings is 1. The summed E-state index contributed by atoms with van der Waals surface area (Å²) in [5, 5.41) is 12.9. The summed E-state index contributed by atoms with van der Waals surface area (Å²) in [6.45, 7) is 5.35. The van der Waals surface area contributed by atoms with E-state index in [1.54, 1.807) is 6.92 Å². The molecule has 0 aromatic carbocycles. The Morgan fingerprint density at radius 2 is 1.89 bits per heavy atom. The number of hydrogen-bond acceptors (Lipinski definition) is 10. The van der Waals surface area contributed by atoms with Crippen LogP contribution in [0.5, 0.6) is 0 Å². The summed E-state index contributed by atoms with van der Waals surface area (Å²) < 4.78 is 15.9.